The molecule has 0 spiro atoms. The maximum Gasteiger partial charge on any atom is 0.326 e. The highest BCUT2D eigenvalue weighted by Crippen LogP contribution is 2.41. The lowest BCUT2D eigenvalue weighted by Gasteiger charge is -2.33. The molecule has 1 aliphatic carbocycles. The van der Waals surface area contributed by atoms with Crippen LogP contribution in [0.4, 0.5) is 0 Å². The second-order valence-corrected chi connectivity index (χ2v) is 9.58. The van der Waals surface area contributed by atoms with Gasteiger partial charge in [0, 0.05) is 11.5 Å². The Kier molecular flexibility index (Phi) is 6.55. The number of fused-ring (bicyclic) bond motifs is 3. The van der Waals surface area contributed by atoms with Crippen molar-refractivity contribution in [3.8, 4) is 0 Å². The summed E-state index contributed by atoms with van der Waals surface area (Å²) < 4.78 is 11.8. The molecule has 0 aromatic carbocycles. The van der Waals surface area contributed by atoms with Crippen LogP contribution in [-0.2, 0) is 33.7 Å². The van der Waals surface area contributed by atoms with Gasteiger partial charge in [-0.05, 0) is 42.6 Å². The summed E-state index contributed by atoms with van der Waals surface area (Å²) in [5, 5.41) is 0.689. The fourth-order valence-corrected chi connectivity index (χ4v) is 4.96. The van der Waals surface area contributed by atoms with Crippen molar-refractivity contribution in [1.82, 2.24) is 9.55 Å². The first-order valence-electron chi connectivity index (χ1n) is 10.0. The molecule has 0 saturated carbocycles. The Morgan fingerprint density at radius 1 is 1.32 bits per heavy atom. The van der Waals surface area contributed by atoms with Crippen LogP contribution in [0.25, 0.3) is 10.2 Å². The van der Waals surface area contributed by atoms with Crippen LogP contribution in [0.1, 0.15) is 51.0 Å². The third-order valence-corrected chi connectivity index (χ3v) is 6.56. The van der Waals surface area contributed by atoms with Gasteiger partial charge in [-0.3, -0.25) is 14.2 Å². The summed E-state index contributed by atoms with van der Waals surface area (Å²) in [7, 11) is 0. The predicted octanol–water partition coefficient (Wildman–Crippen LogP) is 3.58. The monoisotopic (exact) mass is 406 g/mol. The molecule has 2 aromatic heterocycles. The Morgan fingerprint density at radius 2 is 2.11 bits per heavy atom. The largest absolute Gasteiger partial charge is 0.462 e. The third-order valence-electron chi connectivity index (χ3n) is 5.40. The maximum atomic E-state index is 13.0. The number of ether oxygens (including phenoxy) is 2. The van der Waals surface area contributed by atoms with Crippen molar-refractivity contribution in [2.75, 3.05) is 19.8 Å². The van der Waals surface area contributed by atoms with Crippen molar-refractivity contribution < 1.29 is 14.3 Å². The Labute approximate surface area is 169 Å². The standard InChI is InChI=1S/C21H30N2O4S/c1-5-8-26-9-10-27-17(24)12-23-13-22-19-18(20(23)25)15-7-6-14(21(2,3)4)11-16(15)28-19/h13-14H,5-12H2,1-4H3. The molecule has 28 heavy (non-hydrogen) atoms. The lowest BCUT2D eigenvalue weighted by Crippen LogP contribution is -2.28. The molecule has 0 aliphatic heterocycles. The molecule has 1 aliphatic rings. The number of hydrogen-bond donors (Lipinski definition) is 0. The smallest absolute Gasteiger partial charge is 0.326 e. The van der Waals surface area contributed by atoms with Crippen LogP contribution in [0, 0.1) is 11.3 Å². The van der Waals surface area contributed by atoms with Crippen LogP contribution < -0.4 is 5.56 Å². The number of nitrogens with zero attached hydrogens (tertiary/aromatic N) is 2. The Balaban J connectivity index is 1.74. The first kappa shape index (κ1) is 21.0. The van der Waals surface area contributed by atoms with Crippen molar-refractivity contribution >= 4 is 27.5 Å². The van der Waals surface area contributed by atoms with Crippen LogP contribution in [0.2, 0.25) is 0 Å². The van der Waals surface area contributed by atoms with Crippen molar-refractivity contribution in [3.63, 3.8) is 0 Å². The molecule has 0 bridgehead atoms. The molecule has 2 heterocycles. The second-order valence-electron chi connectivity index (χ2n) is 8.50. The number of aryl methyl sites for hydroxylation is 1. The minimum absolute atomic E-state index is 0.120. The van der Waals surface area contributed by atoms with Gasteiger partial charge in [0.25, 0.3) is 5.56 Å². The van der Waals surface area contributed by atoms with E-state index in [0.29, 0.717) is 24.5 Å². The van der Waals surface area contributed by atoms with Crippen LogP contribution in [0.15, 0.2) is 11.1 Å². The highest BCUT2D eigenvalue weighted by Gasteiger charge is 2.31. The molecule has 3 rings (SSSR count). The average Bonchev–Trinajstić information content (AvgIpc) is 3.01. The summed E-state index contributed by atoms with van der Waals surface area (Å²) in [6.07, 6.45) is 5.37. The molecule has 154 valence electrons. The van der Waals surface area contributed by atoms with Gasteiger partial charge in [0.2, 0.25) is 0 Å². The molecule has 2 aromatic rings. The molecule has 0 amide bonds. The molecule has 6 nitrogen and oxygen atoms in total. The van der Waals surface area contributed by atoms with E-state index in [0.717, 1.165) is 36.1 Å². The number of aromatic nitrogens is 2. The van der Waals surface area contributed by atoms with Crippen molar-refractivity contribution in [2.45, 2.75) is 59.9 Å². The minimum Gasteiger partial charge on any atom is -0.462 e. The molecule has 7 heteroatoms. The van der Waals surface area contributed by atoms with Gasteiger partial charge in [0.15, 0.2) is 0 Å². The van der Waals surface area contributed by atoms with Crippen molar-refractivity contribution in [3.05, 3.63) is 27.1 Å². The number of hydrogen-bond acceptors (Lipinski definition) is 6. The lowest BCUT2D eigenvalue weighted by atomic mass is 9.72. The zero-order valence-electron chi connectivity index (χ0n) is 17.2. The van der Waals surface area contributed by atoms with Gasteiger partial charge in [-0.25, -0.2) is 4.98 Å². The Bertz CT molecular complexity index is 894. The SMILES string of the molecule is CCCOCCOC(=O)Cn1cnc2sc3c(c2c1=O)CCC(C(C)(C)C)C3. The van der Waals surface area contributed by atoms with Gasteiger partial charge in [-0.2, -0.15) is 0 Å². The molecular formula is C21H30N2O4S. The molecular weight excluding hydrogens is 376 g/mol. The van der Waals surface area contributed by atoms with Crippen LogP contribution in [0.3, 0.4) is 0 Å². The Morgan fingerprint density at radius 3 is 2.82 bits per heavy atom. The van der Waals surface area contributed by atoms with E-state index < -0.39 is 5.97 Å². The van der Waals surface area contributed by atoms with Gasteiger partial charge in [0.05, 0.1) is 18.3 Å². The Hall–Kier alpha value is -1.73. The number of thiophene rings is 1. The summed E-state index contributed by atoms with van der Waals surface area (Å²) in [5.74, 6) is 0.167. The van der Waals surface area contributed by atoms with Gasteiger partial charge in [-0.15, -0.1) is 11.3 Å². The molecule has 0 saturated heterocycles. The number of esters is 1. The summed E-state index contributed by atoms with van der Waals surface area (Å²) >= 11 is 1.63. The van der Waals surface area contributed by atoms with Crippen LogP contribution in [0.5, 0.6) is 0 Å². The summed E-state index contributed by atoms with van der Waals surface area (Å²) in [6, 6.07) is 0. The second kappa shape index (κ2) is 8.74. The first-order valence-corrected chi connectivity index (χ1v) is 10.9. The number of rotatable bonds is 7. The topological polar surface area (TPSA) is 70.4 Å². The zero-order valence-corrected chi connectivity index (χ0v) is 18.1. The highest BCUT2D eigenvalue weighted by molar-refractivity contribution is 7.18. The van der Waals surface area contributed by atoms with E-state index in [9.17, 15) is 9.59 Å². The van der Waals surface area contributed by atoms with Crippen LogP contribution >= 0.6 is 11.3 Å². The van der Waals surface area contributed by atoms with Gasteiger partial charge in [0.1, 0.15) is 18.0 Å². The molecule has 0 radical (unpaired) electrons. The predicted molar refractivity (Wildman–Crippen MR) is 111 cm³/mol. The maximum absolute atomic E-state index is 13.0. The minimum atomic E-state index is -0.444. The third kappa shape index (κ3) is 4.63. The van der Waals surface area contributed by atoms with E-state index in [1.807, 2.05) is 6.92 Å². The zero-order chi connectivity index (χ0) is 20.3. The van der Waals surface area contributed by atoms with Crippen molar-refractivity contribution in [1.29, 1.82) is 0 Å². The van der Waals surface area contributed by atoms with E-state index in [4.69, 9.17) is 9.47 Å². The summed E-state index contributed by atoms with van der Waals surface area (Å²) in [6.45, 7) is 9.96. The van der Waals surface area contributed by atoms with Gasteiger partial charge >= 0.3 is 5.97 Å². The number of carbonyl (C=O) groups is 1. The first-order chi connectivity index (χ1) is 13.3. The van der Waals surface area contributed by atoms with Crippen LogP contribution in [-0.4, -0.2) is 35.3 Å². The molecule has 0 fully saturated rings. The fraction of sp³-hybridized carbons (Fsp3) is 0.667. The summed E-state index contributed by atoms with van der Waals surface area (Å²) in [4.78, 5) is 31.6. The summed E-state index contributed by atoms with van der Waals surface area (Å²) in [5.41, 5.74) is 1.25. The molecule has 1 atom stereocenters. The fourth-order valence-electron chi connectivity index (χ4n) is 3.70. The average molecular weight is 407 g/mol. The van der Waals surface area contributed by atoms with Gasteiger partial charge < -0.3 is 9.47 Å². The van der Waals surface area contributed by atoms with E-state index in [2.05, 4.69) is 25.8 Å². The lowest BCUT2D eigenvalue weighted by molar-refractivity contribution is -0.146. The van der Waals surface area contributed by atoms with Gasteiger partial charge in [-0.1, -0.05) is 27.7 Å². The highest BCUT2D eigenvalue weighted by atomic mass is 32.1. The van der Waals surface area contributed by atoms with E-state index in [-0.39, 0.29) is 24.1 Å². The van der Waals surface area contributed by atoms with E-state index >= 15 is 0 Å². The normalized spacial score (nSPS) is 16.9. The van der Waals surface area contributed by atoms with E-state index in [1.165, 1.54) is 15.8 Å². The van der Waals surface area contributed by atoms with Crippen molar-refractivity contribution in [2.24, 2.45) is 11.3 Å². The molecule has 1 unspecified atom stereocenters. The molecule has 0 N–H and O–H groups in total. The van der Waals surface area contributed by atoms with E-state index in [1.54, 1.807) is 11.3 Å². The quantitative estimate of drug-likeness (QED) is 0.519. The number of carbonyl (C=O) groups excluding carboxylic acids is 1.